The first-order chi connectivity index (χ1) is 12.9. The third-order valence-electron chi connectivity index (χ3n) is 3.51. The number of anilines is 1. The summed E-state index contributed by atoms with van der Waals surface area (Å²) in [5, 5.41) is 15.0. The average molecular weight is 372 g/mol. The van der Waals surface area contributed by atoms with Crippen molar-refractivity contribution in [1.82, 2.24) is 5.32 Å². The van der Waals surface area contributed by atoms with Crippen molar-refractivity contribution in [2.24, 2.45) is 0 Å². The van der Waals surface area contributed by atoms with Crippen LogP contribution in [0, 0.1) is 0 Å². The minimum Gasteiger partial charge on any atom is -0.507 e. The van der Waals surface area contributed by atoms with Crippen LogP contribution in [-0.2, 0) is 9.53 Å². The molecule has 0 aliphatic rings. The highest BCUT2D eigenvalue weighted by Crippen LogP contribution is 2.24. The number of rotatable bonds is 7. The van der Waals surface area contributed by atoms with Crippen LogP contribution in [0.5, 0.6) is 11.5 Å². The van der Waals surface area contributed by atoms with Gasteiger partial charge in [0.2, 0.25) is 0 Å². The lowest BCUT2D eigenvalue weighted by atomic mass is 10.2. The van der Waals surface area contributed by atoms with Gasteiger partial charge in [-0.2, -0.15) is 0 Å². The fourth-order valence-corrected chi connectivity index (χ4v) is 2.22. The van der Waals surface area contributed by atoms with Crippen molar-refractivity contribution in [3.63, 3.8) is 0 Å². The molecule has 0 fully saturated rings. The lowest BCUT2D eigenvalue weighted by Crippen LogP contribution is -2.23. The first kappa shape index (κ1) is 19.8. The highest BCUT2D eigenvalue weighted by Gasteiger charge is 2.15. The van der Waals surface area contributed by atoms with Gasteiger partial charge in [0.15, 0.2) is 6.61 Å². The quantitative estimate of drug-likeness (QED) is 0.640. The minimum atomic E-state index is -0.846. The first-order valence-corrected chi connectivity index (χ1v) is 8.16. The number of phenolic OH excluding ortho intramolecular Hbond substituents is 1. The van der Waals surface area contributed by atoms with E-state index in [1.165, 1.54) is 31.4 Å². The number of carbonyl (C=O) groups is 3. The van der Waals surface area contributed by atoms with Crippen molar-refractivity contribution in [3.05, 3.63) is 53.6 Å². The molecule has 2 aromatic carbocycles. The SMILES string of the molecule is CCNC(=O)c1cccc(NC(=O)COC(=O)c2ccc(OC)cc2O)c1. The third-order valence-corrected chi connectivity index (χ3v) is 3.51. The van der Waals surface area contributed by atoms with Gasteiger partial charge in [-0.3, -0.25) is 9.59 Å². The zero-order valence-corrected chi connectivity index (χ0v) is 14.9. The molecule has 0 aliphatic heterocycles. The van der Waals surface area contributed by atoms with Gasteiger partial charge in [0.25, 0.3) is 11.8 Å². The molecular weight excluding hydrogens is 352 g/mol. The van der Waals surface area contributed by atoms with Crippen molar-refractivity contribution in [2.45, 2.75) is 6.92 Å². The van der Waals surface area contributed by atoms with Crippen LogP contribution >= 0.6 is 0 Å². The largest absolute Gasteiger partial charge is 0.507 e. The van der Waals surface area contributed by atoms with E-state index in [-0.39, 0.29) is 17.2 Å². The van der Waals surface area contributed by atoms with E-state index >= 15 is 0 Å². The summed E-state index contributed by atoms with van der Waals surface area (Å²) < 4.78 is 9.83. The van der Waals surface area contributed by atoms with Crippen LogP contribution in [0.2, 0.25) is 0 Å². The van der Waals surface area contributed by atoms with Crippen LogP contribution in [0.3, 0.4) is 0 Å². The molecule has 0 saturated heterocycles. The Morgan fingerprint density at radius 3 is 2.56 bits per heavy atom. The molecule has 0 bridgehead atoms. The molecule has 8 nitrogen and oxygen atoms in total. The van der Waals surface area contributed by atoms with Crippen molar-refractivity contribution in [2.75, 3.05) is 25.6 Å². The molecule has 2 amide bonds. The molecule has 0 saturated carbocycles. The van der Waals surface area contributed by atoms with E-state index in [4.69, 9.17) is 9.47 Å². The summed E-state index contributed by atoms with van der Waals surface area (Å²) in [7, 11) is 1.43. The second-order valence-corrected chi connectivity index (χ2v) is 5.45. The van der Waals surface area contributed by atoms with Gasteiger partial charge in [-0.25, -0.2) is 4.79 Å². The zero-order valence-electron chi connectivity index (χ0n) is 14.9. The van der Waals surface area contributed by atoms with E-state index < -0.39 is 18.5 Å². The lowest BCUT2D eigenvalue weighted by Gasteiger charge is -2.09. The Hall–Kier alpha value is -3.55. The minimum absolute atomic E-state index is 0.0816. The van der Waals surface area contributed by atoms with E-state index in [1.54, 1.807) is 25.1 Å². The van der Waals surface area contributed by atoms with Crippen molar-refractivity contribution in [3.8, 4) is 11.5 Å². The second-order valence-electron chi connectivity index (χ2n) is 5.45. The highest BCUT2D eigenvalue weighted by atomic mass is 16.5. The Bertz CT molecular complexity index is 850. The Morgan fingerprint density at radius 1 is 1.11 bits per heavy atom. The van der Waals surface area contributed by atoms with Crippen LogP contribution in [0.1, 0.15) is 27.6 Å². The molecule has 8 heteroatoms. The van der Waals surface area contributed by atoms with Gasteiger partial charge >= 0.3 is 5.97 Å². The van der Waals surface area contributed by atoms with E-state index in [2.05, 4.69) is 10.6 Å². The van der Waals surface area contributed by atoms with E-state index in [0.717, 1.165) is 0 Å². The molecule has 0 unspecified atom stereocenters. The van der Waals surface area contributed by atoms with E-state index in [9.17, 15) is 19.5 Å². The number of esters is 1. The summed E-state index contributed by atoms with van der Waals surface area (Å²) in [5.74, 6) is -1.61. The Balaban J connectivity index is 1.93. The van der Waals surface area contributed by atoms with Crippen LogP contribution in [0.15, 0.2) is 42.5 Å². The number of nitrogens with one attached hydrogen (secondary N) is 2. The molecule has 0 heterocycles. The number of aromatic hydroxyl groups is 1. The smallest absolute Gasteiger partial charge is 0.342 e. The molecule has 27 heavy (non-hydrogen) atoms. The molecule has 142 valence electrons. The molecule has 2 aromatic rings. The van der Waals surface area contributed by atoms with Gasteiger partial charge < -0.3 is 25.2 Å². The Labute approximate surface area is 156 Å². The summed E-state index contributed by atoms with van der Waals surface area (Å²) in [6.45, 7) is 1.75. The van der Waals surface area contributed by atoms with Gasteiger partial charge in [0.05, 0.1) is 7.11 Å². The third kappa shape index (κ3) is 5.46. The van der Waals surface area contributed by atoms with Gasteiger partial charge in [0.1, 0.15) is 17.1 Å². The predicted molar refractivity (Wildman–Crippen MR) is 98.0 cm³/mol. The number of hydrogen-bond donors (Lipinski definition) is 3. The van der Waals surface area contributed by atoms with Crippen LogP contribution in [0.25, 0.3) is 0 Å². The van der Waals surface area contributed by atoms with Crippen LogP contribution in [0.4, 0.5) is 5.69 Å². The lowest BCUT2D eigenvalue weighted by molar-refractivity contribution is -0.119. The van der Waals surface area contributed by atoms with Crippen molar-refractivity contribution >= 4 is 23.5 Å². The fraction of sp³-hybridized carbons (Fsp3) is 0.211. The maximum absolute atomic E-state index is 12.0. The topological polar surface area (TPSA) is 114 Å². The maximum atomic E-state index is 12.0. The number of methoxy groups -OCH3 is 1. The molecule has 0 atom stereocenters. The standard InChI is InChI=1S/C19H20N2O6/c1-3-20-18(24)12-5-4-6-13(9-12)21-17(23)11-27-19(25)15-8-7-14(26-2)10-16(15)22/h4-10,22H,3,11H2,1-2H3,(H,20,24)(H,21,23). The van der Waals surface area contributed by atoms with E-state index in [1.807, 2.05) is 0 Å². The number of phenols is 1. The second kappa shape index (κ2) is 9.23. The molecular formula is C19H20N2O6. The normalized spacial score (nSPS) is 10.0. The van der Waals surface area contributed by atoms with Crippen LogP contribution in [-0.4, -0.2) is 43.2 Å². The monoisotopic (exact) mass is 372 g/mol. The average Bonchev–Trinajstić information content (AvgIpc) is 2.66. The molecule has 0 aromatic heterocycles. The Kier molecular flexibility index (Phi) is 6.76. The molecule has 3 N–H and O–H groups in total. The molecule has 2 rings (SSSR count). The van der Waals surface area contributed by atoms with Gasteiger partial charge in [0, 0.05) is 23.9 Å². The fourth-order valence-electron chi connectivity index (χ4n) is 2.22. The number of carbonyl (C=O) groups excluding carboxylic acids is 3. The van der Waals surface area contributed by atoms with Gasteiger partial charge in [-0.1, -0.05) is 6.07 Å². The highest BCUT2D eigenvalue weighted by molar-refractivity contribution is 5.99. The van der Waals surface area contributed by atoms with Crippen molar-refractivity contribution < 1.29 is 29.0 Å². The number of amides is 2. The maximum Gasteiger partial charge on any atom is 0.342 e. The van der Waals surface area contributed by atoms with E-state index in [0.29, 0.717) is 23.5 Å². The summed E-state index contributed by atoms with van der Waals surface area (Å²) in [6, 6.07) is 10.5. The van der Waals surface area contributed by atoms with Gasteiger partial charge in [-0.05, 0) is 37.3 Å². The number of benzene rings is 2. The summed E-state index contributed by atoms with van der Waals surface area (Å²) >= 11 is 0. The summed E-state index contributed by atoms with van der Waals surface area (Å²) in [5.41, 5.74) is 0.712. The number of hydrogen-bond acceptors (Lipinski definition) is 6. The summed E-state index contributed by atoms with van der Waals surface area (Å²) in [4.78, 5) is 35.8. The van der Waals surface area contributed by atoms with Crippen LogP contribution < -0.4 is 15.4 Å². The zero-order chi connectivity index (χ0) is 19.8. The number of ether oxygens (including phenoxy) is 2. The molecule has 0 radical (unpaired) electrons. The van der Waals surface area contributed by atoms with Crippen molar-refractivity contribution in [1.29, 1.82) is 0 Å². The molecule has 0 spiro atoms. The Morgan fingerprint density at radius 2 is 1.89 bits per heavy atom. The van der Waals surface area contributed by atoms with Gasteiger partial charge in [-0.15, -0.1) is 0 Å². The summed E-state index contributed by atoms with van der Waals surface area (Å²) in [6.07, 6.45) is 0. The molecule has 0 aliphatic carbocycles. The predicted octanol–water partition coefficient (Wildman–Crippen LogP) is 1.95. The first-order valence-electron chi connectivity index (χ1n) is 8.16.